The zero-order valence-corrected chi connectivity index (χ0v) is 23.0. The summed E-state index contributed by atoms with van der Waals surface area (Å²) in [5.74, 6) is 0.756. The zero-order valence-electron chi connectivity index (χ0n) is 20.6. The maximum absolute atomic E-state index is 13.0. The number of thiazole rings is 1. The number of amides is 1. The molecule has 1 amide bonds. The third-order valence-electron chi connectivity index (χ3n) is 5.26. The number of carbonyl (C=O) groups excluding carboxylic acids is 1. The van der Waals surface area contributed by atoms with Crippen LogP contribution < -0.4 is 20.7 Å². The lowest BCUT2D eigenvalue weighted by Crippen LogP contribution is -2.24. The molecule has 4 rings (SSSR count). The molecule has 0 radical (unpaired) electrons. The Labute approximate surface area is 230 Å². The van der Waals surface area contributed by atoms with E-state index in [2.05, 4.69) is 20.9 Å². The van der Waals surface area contributed by atoms with Gasteiger partial charge in [-0.25, -0.2) is 4.98 Å². The van der Waals surface area contributed by atoms with Gasteiger partial charge in [0.2, 0.25) is 5.91 Å². The first-order valence-corrected chi connectivity index (χ1v) is 14.1. The first-order chi connectivity index (χ1) is 18.0. The minimum atomic E-state index is -0.262. The van der Waals surface area contributed by atoms with Gasteiger partial charge in [-0.15, -0.1) is 23.1 Å². The second-order valence-corrected chi connectivity index (χ2v) is 10.5. The van der Waals surface area contributed by atoms with Crippen molar-refractivity contribution < 1.29 is 9.53 Å². The number of nitrogens with zero attached hydrogens (tertiary/aromatic N) is 1. The van der Waals surface area contributed by atoms with Gasteiger partial charge in [0.15, 0.2) is 10.2 Å². The van der Waals surface area contributed by atoms with Gasteiger partial charge < -0.3 is 20.7 Å². The Balaban J connectivity index is 1.34. The molecule has 3 aromatic carbocycles. The van der Waals surface area contributed by atoms with E-state index in [1.165, 1.54) is 23.1 Å². The summed E-state index contributed by atoms with van der Waals surface area (Å²) in [5.41, 5.74) is 3.57. The van der Waals surface area contributed by atoms with Crippen molar-refractivity contribution in [3.05, 3.63) is 84.2 Å². The van der Waals surface area contributed by atoms with E-state index in [4.69, 9.17) is 17.0 Å². The van der Waals surface area contributed by atoms with Gasteiger partial charge in [-0.05, 0) is 80.2 Å². The number of nitrogens with one attached hydrogen (secondary N) is 3. The van der Waals surface area contributed by atoms with E-state index in [1.54, 1.807) is 0 Å². The van der Waals surface area contributed by atoms with E-state index in [-0.39, 0.29) is 11.2 Å². The highest BCUT2D eigenvalue weighted by Gasteiger charge is 2.20. The number of aromatic nitrogens is 1. The van der Waals surface area contributed by atoms with E-state index in [1.807, 2.05) is 98.1 Å². The predicted molar refractivity (Wildman–Crippen MR) is 160 cm³/mol. The number of thioether (sulfide) groups is 1. The van der Waals surface area contributed by atoms with Crippen LogP contribution in [0.2, 0.25) is 0 Å². The van der Waals surface area contributed by atoms with Gasteiger partial charge in [-0.1, -0.05) is 31.2 Å². The van der Waals surface area contributed by atoms with Gasteiger partial charge >= 0.3 is 0 Å². The fraction of sp³-hybridized carbons (Fsp3) is 0.179. The molecular formula is C28H28N4O2S3. The maximum Gasteiger partial charge on any atom is 0.239 e. The Morgan fingerprint density at radius 2 is 1.70 bits per heavy atom. The van der Waals surface area contributed by atoms with Gasteiger partial charge in [0, 0.05) is 27.2 Å². The molecule has 37 heavy (non-hydrogen) atoms. The number of anilines is 3. The van der Waals surface area contributed by atoms with Crippen molar-refractivity contribution in [2.45, 2.75) is 30.4 Å². The number of para-hydroxylation sites is 1. The van der Waals surface area contributed by atoms with Crippen LogP contribution in [0.1, 0.15) is 20.3 Å². The van der Waals surface area contributed by atoms with Crippen molar-refractivity contribution in [2.24, 2.45) is 0 Å². The van der Waals surface area contributed by atoms with Crippen LogP contribution in [0.5, 0.6) is 5.75 Å². The number of ether oxygens (including phenoxy) is 1. The van der Waals surface area contributed by atoms with Crippen LogP contribution in [0, 0.1) is 0 Å². The fourth-order valence-electron chi connectivity index (χ4n) is 3.49. The van der Waals surface area contributed by atoms with Crippen LogP contribution in [-0.2, 0) is 4.79 Å². The monoisotopic (exact) mass is 548 g/mol. The number of thiocarbonyl (C=S) groups is 1. The molecule has 9 heteroatoms. The van der Waals surface area contributed by atoms with E-state index in [9.17, 15) is 4.79 Å². The molecule has 190 valence electrons. The van der Waals surface area contributed by atoms with Gasteiger partial charge in [-0.3, -0.25) is 4.79 Å². The topological polar surface area (TPSA) is 75.3 Å². The van der Waals surface area contributed by atoms with Crippen LogP contribution in [0.3, 0.4) is 0 Å². The van der Waals surface area contributed by atoms with Gasteiger partial charge in [-0.2, -0.15) is 0 Å². The molecule has 0 spiro atoms. The number of carbonyl (C=O) groups is 1. The van der Waals surface area contributed by atoms with E-state index < -0.39 is 0 Å². The normalized spacial score (nSPS) is 11.4. The lowest BCUT2D eigenvalue weighted by molar-refractivity contribution is -0.115. The molecule has 1 heterocycles. The lowest BCUT2D eigenvalue weighted by Gasteiger charge is -2.15. The molecule has 0 aliphatic rings. The van der Waals surface area contributed by atoms with Crippen LogP contribution in [-0.4, -0.2) is 27.9 Å². The third-order valence-corrected chi connectivity index (χ3v) is 7.58. The number of rotatable bonds is 10. The highest BCUT2D eigenvalue weighted by atomic mass is 32.2. The molecule has 6 nitrogen and oxygen atoms in total. The molecule has 0 aliphatic heterocycles. The SMILES string of the molecule is CCOc1ccc(-c2csc(NC(=O)C(CC)Sc3cccc(NC(=S)Nc4ccccc4)c3)n2)cc1. The lowest BCUT2D eigenvalue weighted by atomic mass is 10.2. The van der Waals surface area contributed by atoms with E-state index >= 15 is 0 Å². The first-order valence-electron chi connectivity index (χ1n) is 11.9. The van der Waals surface area contributed by atoms with Crippen molar-refractivity contribution in [3.63, 3.8) is 0 Å². The molecule has 3 N–H and O–H groups in total. The van der Waals surface area contributed by atoms with Crippen molar-refractivity contribution in [1.82, 2.24) is 4.98 Å². The standard InChI is InChI=1S/C28H28N4O2S3/c1-3-25(26(33)32-28-31-24(18-36-28)19-13-15-22(16-14-19)34-4-2)37-23-12-8-11-21(17-23)30-27(35)29-20-9-6-5-7-10-20/h5-18,25H,3-4H2,1-2H3,(H2,29,30,35)(H,31,32,33). The Morgan fingerprint density at radius 3 is 2.43 bits per heavy atom. The largest absolute Gasteiger partial charge is 0.494 e. The average molecular weight is 549 g/mol. The summed E-state index contributed by atoms with van der Waals surface area (Å²) in [6.45, 7) is 4.59. The van der Waals surface area contributed by atoms with Gasteiger partial charge in [0.05, 0.1) is 17.6 Å². The molecule has 4 aromatic rings. The Kier molecular flexibility index (Phi) is 9.53. The van der Waals surface area contributed by atoms with Crippen molar-refractivity contribution in [1.29, 1.82) is 0 Å². The molecule has 1 atom stereocenters. The Hall–Kier alpha value is -3.40. The van der Waals surface area contributed by atoms with Crippen LogP contribution in [0.25, 0.3) is 11.3 Å². The third kappa shape index (κ3) is 7.79. The van der Waals surface area contributed by atoms with Gasteiger partial charge in [0.25, 0.3) is 0 Å². The molecule has 0 saturated heterocycles. The van der Waals surface area contributed by atoms with Crippen LogP contribution in [0.15, 0.2) is 89.1 Å². The molecule has 0 bridgehead atoms. The van der Waals surface area contributed by atoms with E-state index in [0.717, 1.165) is 33.3 Å². The minimum absolute atomic E-state index is 0.0697. The van der Waals surface area contributed by atoms with Crippen LogP contribution in [0.4, 0.5) is 16.5 Å². The summed E-state index contributed by atoms with van der Waals surface area (Å²) in [6, 6.07) is 25.4. The summed E-state index contributed by atoms with van der Waals surface area (Å²) in [7, 11) is 0. The molecule has 0 aliphatic carbocycles. The second-order valence-electron chi connectivity index (χ2n) is 7.97. The highest BCUT2D eigenvalue weighted by Crippen LogP contribution is 2.30. The number of benzene rings is 3. The van der Waals surface area contributed by atoms with Crippen molar-refractivity contribution in [3.8, 4) is 17.0 Å². The Morgan fingerprint density at radius 1 is 0.973 bits per heavy atom. The number of hydrogen-bond donors (Lipinski definition) is 3. The zero-order chi connectivity index (χ0) is 26.0. The summed E-state index contributed by atoms with van der Waals surface area (Å²) < 4.78 is 5.50. The molecule has 1 unspecified atom stereocenters. The molecule has 1 aromatic heterocycles. The first kappa shape index (κ1) is 26.7. The van der Waals surface area contributed by atoms with Crippen molar-refractivity contribution >= 4 is 62.8 Å². The minimum Gasteiger partial charge on any atom is -0.494 e. The smallest absolute Gasteiger partial charge is 0.239 e. The fourth-order valence-corrected chi connectivity index (χ4v) is 5.46. The average Bonchev–Trinajstić information content (AvgIpc) is 3.37. The summed E-state index contributed by atoms with van der Waals surface area (Å²) in [6.07, 6.45) is 0.680. The summed E-state index contributed by atoms with van der Waals surface area (Å²) in [5, 5.41) is 12.1. The quantitative estimate of drug-likeness (QED) is 0.140. The van der Waals surface area contributed by atoms with Crippen LogP contribution >= 0.6 is 35.3 Å². The maximum atomic E-state index is 13.0. The second kappa shape index (κ2) is 13.2. The Bertz CT molecular complexity index is 1330. The van der Waals surface area contributed by atoms with Gasteiger partial charge in [0.1, 0.15) is 5.75 Å². The molecule has 0 fully saturated rings. The predicted octanol–water partition coefficient (Wildman–Crippen LogP) is 7.53. The molecule has 0 saturated carbocycles. The molecular weight excluding hydrogens is 521 g/mol. The summed E-state index contributed by atoms with van der Waals surface area (Å²) >= 11 is 8.37. The van der Waals surface area contributed by atoms with Crippen molar-refractivity contribution in [2.75, 3.05) is 22.6 Å². The summed E-state index contributed by atoms with van der Waals surface area (Å²) in [4.78, 5) is 18.6. The number of hydrogen-bond acceptors (Lipinski definition) is 6. The van der Waals surface area contributed by atoms with E-state index in [0.29, 0.717) is 23.3 Å². The highest BCUT2D eigenvalue weighted by molar-refractivity contribution is 8.00.